The molecule has 6 nitrogen and oxygen atoms in total. The van der Waals surface area contributed by atoms with Crippen LogP contribution in [0, 0.1) is 5.92 Å². The summed E-state index contributed by atoms with van der Waals surface area (Å²) in [4.78, 5) is 11.8. The molecule has 3 rings (SSSR count). The number of nitrogens with two attached hydrogens (primary N) is 1. The summed E-state index contributed by atoms with van der Waals surface area (Å²) in [5, 5.41) is 3.19. The largest absolute Gasteiger partial charge is 0.384 e. The van der Waals surface area contributed by atoms with Gasteiger partial charge in [0.2, 0.25) is 10.0 Å². The second kappa shape index (κ2) is 5.79. The fraction of sp³-hybridized carbons (Fsp3) is 0.562. The average Bonchev–Trinajstić information content (AvgIpc) is 3.41. The third-order valence-corrected chi connectivity index (χ3v) is 6.30. The third-order valence-electron chi connectivity index (χ3n) is 4.73. The van der Waals surface area contributed by atoms with Gasteiger partial charge in [-0.25, -0.2) is 13.1 Å². The number of carbonyl (C=O) groups is 1. The molecule has 1 amide bonds. The molecule has 0 aromatic heterocycles. The molecule has 2 aliphatic rings. The molecule has 0 aliphatic heterocycles. The highest BCUT2D eigenvalue weighted by molar-refractivity contribution is 7.89. The molecule has 23 heavy (non-hydrogen) atoms. The molecule has 0 spiro atoms. The summed E-state index contributed by atoms with van der Waals surface area (Å²) >= 11 is 0. The summed E-state index contributed by atoms with van der Waals surface area (Å²) in [7, 11) is -3.64. The van der Waals surface area contributed by atoms with Crippen molar-refractivity contribution in [2.24, 2.45) is 11.7 Å². The number of benzene rings is 1. The lowest BCUT2D eigenvalue weighted by Gasteiger charge is -2.17. The second-order valence-corrected chi connectivity index (χ2v) is 8.32. The van der Waals surface area contributed by atoms with Crippen LogP contribution in [0.4, 0.5) is 5.69 Å². The number of hydrogen-bond acceptors (Lipinski definition) is 4. The molecular weight excluding hydrogens is 314 g/mol. The highest BCUT2D eigenvalue weighted by Crippen LogP contribution is 2.40. The van der Waals surface area contributed by atoms with Gasteiger partial charge >= 0.3 is 0 Å². The molecule has 0 radical (unpaired) electrons. The van der Waals surface area contributed by atoms with Crippen molar-refractivity contribution >= 4 is 21.6 Å². The Kier molecular flexibility index (Phi) is 4.10. The van der Waals surface area contributed by atoms with E-state index in [1.54, 1.807) is 6.07 Å². The SMILES string of the molecule is CCC1(NS(=O)(=O)c2ccc(NCC3CC3)c(C(N)=O)c2)CC1. The van der Waals surface area contributed by atoms with Crippen LogP contribution in [-0.2, 0) is 10.0 Å². The maximum absolute atomic E-state index is 12.5. The van der Waals surface area contributed by atoms with E-state index < -0.39 is 15.9 Å². The Morgan fingerprint density at radius 3 is 2.57 bits per heavy atom. The Morgan fingerprint density at radius 1 is 1.35 bits per heavy atom. The number of amides is 1. The van der Waals surface area contributed by atoms with Gasteiger partial charge in [0.25, 0.3) is 5.91 Å². The molecule has 2 saturated carbocycles. The van der Waals surface area contributed by atoms with E-state index in [1.807, 2.05) is 6.92 Å². The monoisotopic (exact) mass is 337 g/mol. The average molecular weight is 337 g/mol. The number of anilines is 1. The van der Waals surface area contributed by atoms with Gasteiger partial charge in [0.1, 0.15) is 0 Å². The minimum absolute atomic E-state index is 0.0861. The summed E-state index contributed by atoms with van der Waals surface area (Å²) in [6.45, 7) is 2.75. The first-order chi connectivity index (χ1) is 10.9. The molecular formula is C16H23N3O3S. The normalized spacial score (nSPS) is 19.3. The summed E-state index contributed by atoms with van der Waals surface area (Å²) in [5.41, 5.74) is 5.92. The Bertz CT molecular complexity index is 722. The zero-order chi connectivity index (χ0) is 16.7. The van der Waals surface area contributed by atoms with E-state index in [2.05, 4.69) is 10.0 Å². The van der Waals surface area contributed by atoms with Crippen molar-refractivity contribution in [2.75, 3.05) is 11.9 Å². The predicted molar refractivity (Wildman–Crippen MR) is 88.8 cm³/mol. The van der Waals surface area contributed by atoms with Crippen molar-refractivity contribution < 1.29 is 13.2 Å². The van der Waals surface area contributed by atoms with Crippen LogP contribution in [0.5, 0.6) is 0 Å². The quantitative estimate of drug-likeness (QED) is 0.673. The summed E-state index contributed by atoms with van der Waals surface area (Å²) in [6.07, 6.45) is 4.84. The fourth-order valence-electron chi connectivity index (χ4n) is 2.65. The van der Waals surface area contributed by atoms with Gasteiger partial charge in [-0.1, -0.05) is 6.92 Å². The second-order valence-electron chi connectivity index (χ2n) is 6.64. The van der Waals surface area contributed by atoms with Crippen molar-refractivity contribution in [2.45, 2.75) is 49.5 Å². The molecule has 0 unspecified atom stereocenters. The van der Waals surface area contributed by atoms with Crippen molar-refractivity contribution in [3.8, 4) is 0 Å². The van der Waals surface area contributed by atoms with Crippen LogP contribution < -0.4 is 15.8 Å². The first kappa shape index (κ1) is 16.3. The Morgan fingerprint density at radius 2 is 2.04 bits per heavy atom. The maximum atomic E-state index is 12.5. The topological polar surface area (TPSA) is 101 Å². The van der Waals surface area contributed by atoms with E-state index in [0.29, 0.717) is 11.6 Å². The number of carbonyl (C=O) groups excluding carboxylic acids is 1. The lowest BCUT2D eigenvalue weighted by Crippen LogP contribution is -2.36. The van der Waals surface area contributed by atoms with Gasteiger partial charge in [0.15, 0.2) is 0 Å². The molecule has 0 atom stereocenters. The van der Waals surface area contributed by atoms with E-state index in [-0.39, 0.29) is 16.0 Å². The van der Waals surface area contributed by atoms with E-state index in [1.165, 1.54) is 25.0 Å². The van der Waals surface area contributed by atoms with Crippen LogP contribution in [-0.4, -0.2) is 26.4 Å². The Hall–Kier alpha value is -1.60. The van der Waals surface area contributed by atoms with E-state index in [4.69, 9.17) is 5.73 Å². The van der Waals surface area contributed by atoms with Crippen LogP contribution in [0.1, 0.15) is 49.4 Å². The standard InChI is InChI=1S/C16H23N3O3S/c1-2-16(7-8-16)19-23(21,22)12-5-6-14(13(9-12)15(17)20)18-10-11-3-4-11/h5-6,9,11,18-19H,2-4,7-8,10H2,1H3,(H2,17,20). The van der Waals surface area contributed by atoms with Gasteiger partial charge in [0.05, 0.1) is 10.5 Å². The fourth-order valence-corrected chi connectivity index (χ4v) is 4.20. The molecule has 2 fully saturated rings. The van der Waals surface area contributed by atoms with Gasteiger partial charge in [-0.3, -0.25) is 4.79 Å². The van der Waals surface area contributed by atoms with Gasteiger partial charge in [0, 0.05) is 17.8 Å². The van der Waals surface area contributed by atoms with Gasteiger partial charge in [-0.15, -0.1) is 0 Å². The molecule has 4 N–H and O–H groups in total. The summed E-state index contributed by atoms with van der Waals surface area (Å²) < 4.78 is 27.8. The van der Waals surface area contributed by atoms with Crippen LogP contribution in [0.2, 0.25) is 0 Å². The van der Waals surface area contributed by atoms with Gasteiger partial charge in [-0.2, -0.15) is 0 Å². The molecule has 0 saturated heterocycles. The molecule has 126 valence electrons. The molecule has 0 heterocycles. The Labute approximate surface area is 136 Å². The van der Waals surface area contributed by atoms with Gasteiger partial charge in [-0.05, 0) is 56.2 Å². The molecule has 0 bridgehead atoms. The number of rotatable bonds is 8. The van der Waals surface area contributed by atoms with E-state index in [0.717, 1.165) is 25.8 Å². The van der Waals surface area contributed by atoms with Crippen molar-refractivity contribution in [3.05, 3.63) is 23.8 Å². The molecule has 1 aromatic rings. The maximum Gasteiger partial charge on any atom is 0.250 e. The van der Waals surface area contributed by atoms with E-state index in [9.17, 15) is 13.2 Å². The smallest absolute Gasteiger partial charge is 0.250 e. The van der Waals surface area contributed by atoms with Crippen LogP contribution in [0.15, 0.2) is 23.1 Å². The minimum Gasteiger partial charge on any atom is -0.384 e. The van der Waals surface area contributed by atoms with Crippen molar-refractivity contribution in [1.29, 1.82) is 0 Å². The minimum atomic E-state index is -3.64. The number of primary amides is 1. The first-order valence-corrected chi connectivity index (χ1v) is 9.55. The summed E-state index contributed by atoms with van der Waals surface area (Å²) in [5.74, 6) is 0.0112. The van der Waals surface area contributed by atoms with Crippen LogP contribution in [0.3, 0.4) is 0 Å². The Balaban J connectivity index is 1.84. The zero-order valence-electron chi connectivity index (χ0n) is 13.3. The third kappa shape index (κ3) is 3.67. The van der Waals surface area contributed by atoms with Crippen LogP contribution in [0.25, 0.3) is 0 Å². The molecule has 2 aliphatic carbocycles. The molecule has 1 aromatic carbocycles. The lowest BCUT2D eigenvalue weighted by molar-refractivity contribution is 0.100. The highest BCUT2D eigenvalue weighted by Gasteiger charge is 2.44. The lowest BCUT2D eigenvalue weighted by atomic mass is 10.1. The number of sulfonamides is 1. The number of hydrogen-bond donors (Lipinski definition) is 3. The number of nitrogens with one attached hydrogen (secondary N) is 2. The van der Waals surface area contributed by atoms with E-state index >= 15 is 0 Å². The van der Waals surface area contributed by atoms with Crippen LogP contribution >= 0.6 is 0 Å². The zero-order valence-corrected chi connectivity index (χ0v) is 14.1. The first-order valence-electron chi connectivity index (χ1n) is 8.07. The van der Waals surface area contributed by atoms with Crippen molar-refractivity contribution in [1.82, 2.24) is 4.72 Å². The summed E-state index contributed by atoms with van der Waals surface area (Å²) in [6, 6.07) is 4.52. The highest BCUT2D eigenvalue weighted by atomic mass is 32.2. The van der Waals surface area contributed by atoms with Gasteiger partial charge < -0.3 is 11.1 Å². The molecule has 7 heteroatoms. The van der Waals surface area contributed by atoms with Crippen molar-refractivity contribution in [3.63, 3.8) is 0 Å². The predicted octanol–water partition coefficient (Wildman–Crippen LogP) is 1.83.